The van der Waals surface area contributed by atoms with E-state index in [1.54, 1.807) is 7.11 Å². The fourth-order valence-corrected chi connectivity index (χ4v) is 5.82. The molecule has 41 heavy (non-hydrogen) atoms. The molecule has 2 aliphatic rings. The third kappa shape index (κ3) is 5.55. The summed E-state index contributed by atoms with van der Waals surface area (Å²) >= 11 is 6.46. The Morgan fingerprint density at radius 3 is 2.71 bits per heavy atom. The molecule has 7 nitrogen and oxygen atoms in total. The van der Waals surface area contributed by atoms with Crippen LogP contribution in [0.25, 0.3) is 11.3 Å². The summed E-state index contributed by atoms with van der Waals surface area (Å²) in [4.78, 5) is 29.5. The molecule has 1 saturated heterocycles. The van der Waals surface area contributed by atoms with Gasteiger partial charge < -0.3 is 15.0 Å². The average molecular weight is 566 g/mol. The molecule has 208 valence electrons. The summed E-state index contributed by atoms with van der Waals surface area (Å²) in [6, 6.07) is 21.1. The van der Waals surface area contributed by atoms with Crippen LogP contribution in [0.4, 0.5) is 11.6 Å². The number of nitrogens with zero attached hydrogens (tertiary/aromatic N) is 4. The molecule has 0 saturated carbocycles. The monoisotopic (exact) mass is 565 g/mol. The fraction of sp³-hybridized carbons (Fsp3) is 0.273. The first kappa shape index (κ1) is 27.0. The third-order valence-electron chi connectivity index (χ3n) is 7.90. The lowest BCUT2D eigenvalue weighted by atomic mass is 9.95. The summed E-state index contributed by atoms with van der Waals surface area (Å²) in [5.41, 5.74) is 6.71. The highest BCUT2D eigenvalue weighted by atomic mass is 35.5. The lowest BCUT2D eigenvalue weighted by Gasteiger charge is -2.32. The highest BCUT2D eigenvalue weighted by molar-refractivity contribution is 6.31. The predicted molar refractivity (Wildman–Crippen MR) is 163 cm³/mol. The van der Waals surface area contributed by atoms with E-state index in [9.17, 15) is 4.79 Å². The number of piperidine rings is 1. The zero-order valence-electron chi connectivity index (χ0n) is 23.2. The highest BCUT2D eigenvalue weighted by Crippen LogP contribution is 2.35. The Hall–Kier alpha value is -4.23. The van der Waals surface area contributed by atoms with E-state index in [1.807, 2.05) is 77.8 Å². The van der Waals surface area contributed by atoms with Crippen molar-refractivity contribution < 1.29 is 9.53 Å². The zero-order valence-corrected chi connectivity index (χ0v) is 24.0. The highest BCUT2D eigenvalue weighted by Gasteiger charge is 2.25. The van der Waals surface area contributed by atoms with Crippen LogP contribution in [0, 0.1) is 5.92 Å². The minimum atomic E-state index is 0.0945. The van der Waals surface area contributed by atoms with Crippen LogP contribution < -0.4 is 10.1 Å². The van der Waals surface area contributed by atoms with E-state index in [2.05, 4.69) is 17.2 Å². The number of carbonyl (C=O) groups is 1. The Bertz CT molecular complexity index is 1620. The molecule has 3 heterocycles. The molecule has 0 aliphatic carbocycles. The number of methoxy groups -OCH3 is 1. The number of rotatable bonds is 6. The minimum absolute atomic E-state index is 0.0945. The standard InChI is InChI=1S/C33H32ClN5O2/c1-3-21-7-6-16-39(20-21)32(40)22-10-13-25(14-11-22)37-33-36-19-23-18-35-31(27-8-4-5-9-29(27)41-2)28-17-24(34)12-15-26(28)30(23)38-33/h4-5,8-15,17,19,21H,3,6-7,16,18,20H2,1-2H3,(H,36,37,38). The van der Waals surface area contributed by atoms with Gasteiger partial charge in [-0.05, 0) is 67.3 Å². The van der Waals surface area contributed by atoms with E-state index in [0.717, 1.165) is 71.0 Å². The number of fused-ring (bicyclic) bond motifs is 3. The molecule has 1 fully saturated rings. The van der Waals surface area contributed by atoms with Crippen molar-refractivity contribution in [2.75, 3.05) is 25.5 Å². The van der Waals surface area contributed by atoms with Gasteiger partial charge in [-0.1, -0.05) is 43.1 Å². The van der Waals surface area contributed by atoms with Crippen molar-refractivity contribution in [1.29, 1.82) is 0 Å². The number of aliphatic imine (C=N–C) groups is 1. The molecule has 4 aromatic rings. The maximum Gasteiger partial charge on any atom is 0.253 e. The number of anilines is 2. The number of aromatic nitrogens is 2. The van der Waals surface area contributed by atoms with Gasteiger partial charge in [-0.2, -0.15) is 0 Å². The first-order valence-corrected chi connectivity index (χ1v) is 14.4. The fourth-order valence-electron chi connectivity index (χ4n) is 5.65. The van der Waals surface area contributed by atoms with Gasteiger partial charge in [-0.25, -0.2) is 9.97 Å². The van der Waals surface area contributed by atoms with E-state index in [1.165, 1.54) is 6.42 Å². The number of amides is 1. The summed E-state index contributed by atoms with van der Waals surface area (Å²) in [5, 5.41) is 3.93. The second-order valence-corrected chi connectivity index (χ2v) is 10.9. The van der Waals surface area contributed by atoms with Crippen molar-refractivity contribution in [2.45, 2.75) is 32.7 Å². The van der Waals surface area contributed by atoms with Crippen molar-refractivity contribution >= 4 is 34.9 Å². The van der Waals surface area contributed by atoms with E-state index < -0.39 is 0 Å². The molecule has 2 aliphatic heterocycles. The molecule has 6 rings (SSSR count). The lowest BCUT2D eigenvalue weighted by molar-refractivity contribution is 0.0671. The number of nitrogens with one attached hydrogen (secondary N) is 1. The van der Waals surface area contributed by atoms with Crippen LogP contribution >= 0.6 is 11.6 Å². The first-order valence-electron chi connectivity index (χ1n) is 14.0. The molecule has 0 bridgehead atoms. The van der Waals surface area contributed by atoms with Crippen molar-refractivity contribution in [1.82, 2.24) is 14.9 Å². The van der Waals surface area contributed by atoms with E-state index >= 15 is 0 Å². The van der Waals surface area contributed by atoms with Crippen molar-refractivity contribution in [3.8, 4) is 17.0 Å². The molecule has 1 amide bonds. The predicted octanol–water partition coefficient (Wildman–Crippen LogP) is 7.16. The SMILES string of the molecule is CCC1CCCN(C(=O)c2ccc(Nc3ncc4c(n3)-c3ccc(Cl)cc3C(c3ccccc3OC)=NC4)cc2)C1. The second kappa shape index (κ2) is 11.7. The molecule has 1 N–H and O–H groups in total. The Labute approximate surface area is 245 Å². The normalized spacial score (nSPS) is 16.2. The molecule has 1 atom stereocenters. The molecular formula is C33H32ClN5O2. The Kier molecular flexibility index (Phi) is 7.70. The largest absolute Gasteiger partial charge is 0.496 e. The maximum absolute atomic E-state index is 13.1. The zero-order chi connectivity index (χ0) is 28.3. The van der Waals surface area contributed by atoms with Crippen LogP contribution in [0.15, 0.2) is 77.9 Å². The average Bonchev–Trinajstić information content (AvgIpc) is 3.17. The van der Waals surface area contributed by atoms with Gasteiger partial charge in [0.05, 0.1) is 25.1 Å². The molecule has 0 radical (unpaired) electrons. The Morgan fingerprint density at radius 1 is 1.07 bits per heavy atom. The summed E-state index contributed by atoms with van der Waals surface area (Å²) in [6.45, 7) is 4.28. The third-order valence-corrected chi connectivity index (χ3v) is 8.13. The van der Waals surface area contributed by atoms with Crippen molar-refractivity contribution in [3.05, 3.63) is 100 Å². The van der Waals surface area contributed by atoms with Gasteiger partial charge in [0.15, 0.2) is 0 Å². The van der Waals surface area contributed by atoms with Crippen LogP contribution in [-0.4, -0.2) is 46.7 Å². The van der Waals surface area contributed by atoms with E-state index in [0.29, 0.717) is 29.0 Å². The Balaban J connectivity index is 1.27. The van der Waals surface area contributed by atoms with Crippen LogP contribution in [-0.2, 0) is 6.54 Å². The van der Waals surface area contributed by atoms with Gasteiger partial charge in [0, 0.05) is 57.8 Å². The van der Waals surface area contributed by atoms with Gasteiger partial charge in [0.1, 0.15) is 5.75 Å². The maximum atomic E-state index is 13.1. The summed E-state index contributed by atoms with van der Waals surface area (Å²) in [5.74, 6) is 1.89. The minimum Gasteiger partial charge on any atom is -0.496 e. The molecule has 1 aromatic heterocycles. The smallest absolute Gasteiger partial charge is 0.253 e. The van der Waals surface area contributed by atoms with Gasteiger partial charge >= 0.3 is 0 Å². The number of carbonyl (C=O) groups excluding carboxylic acids is 1. The number of para-hydroxylation sites is 1. The number of likely N-dealkylation sites (tertiary alicyclic amines) is 1. The number of benzene rings is 3. The number of halogens is 1. The molecule has 3 aromatic carbocycles. The van der Waals surface area contributed by atoms with Crippen LogP contribution in [0.3, 0.4) is 0 Å². The van der Waals surface area contributed by atoms with Crippen LogP contribution in [0.1, 0.15) is 53.2 Å². The van der Waals surface area contributed by atoms with Crippen LogP contribution in [0.2, 0.25) is 5.02 Å². The quantitative estimate of drug-likeness (QED) is 0.268. The first-order chi connectivity index (χ1) is 20.0. The number of hydrogen-bond donors (Lipinski definition) is 1. The van der Waals surface area contributed by atoms with Crippen molar-refractivity contribution in [2.24, 2.45) is 10.9 Å². The van der Waals surface area contributed by atoms with Gasteiger partial charge in [-0.3, -0.25) is 9.79 Å². The summed E-state index contributed by atoms with van der Waals surface area (Å²) in [7, 11) is 1.66. The number of ether oxygens (including phenoxy) is 1. The van der Waals surface area contributed by atoms with E-state index in [-0.39, 0.29) is 5.91 Å². The van der Waals surface area contributed by atoms with Gasteiger partial charge in [0.25, 0.3) is 5.91 Å². The van der Waals surface area contributed by atoms with Gasteiger partial charge in [0.2, 0.25) is 5.95 Å². The molecule has 0 spiro atoms. The summed E-state index contributed by atoms with van der Waals surface area (Å²) in [6.07, 6.45) is 5.20. The topological polar surface area (TPSA) is 79.7 Å². The summed E-state index contributed by atoms with van der Waals surface area (Å²) < 4.78 is 5.64. The Morgan fingerprint density at radius 2 is 1.90 bits per heavy atom. The van der Waals surface area contributed by atoms with Gasteiger partial charge in [-0.15, -0.1) is 0 Å². The molecular weight excluding hydrogens is 534 g/mol. The van der Waals surface area contributed by atoms with Crippen molar-refractivity contribution in [3.63, 3.8) is 0 Å². The molecule has 8 heteroatoms. The van der Waals surface area contributed by atoms with E-state index in [4.69, 9.17) is 26.3 Å². The lowest BCUT2D eigenvalue weighted by Crippen LogP contribution is -2.39. The van der Waals surface area contributed by atoms with Crippen LogP contribution in [0.5, 0.6) is 5.75 Å². The molecule has 1 unspecified atom stereocenters. The second-order valence-electron chi connectivity index (χ2n) is 10.5. The number of hydrogen-bond acceptors (Lipinski definition) is 6.